The highest BCUT2D eigenvalue weighted by molar-refractivity contribution is 6.00. The van der Waals surface area contributed by atoms with Gasteiger partial charge in [-0.1, -0.05) is 6.92 Å². The van der Waals surface area contributed by atoms with Crippen molar-refractivity contribution < 1.29 is 14.3 Å². The van der Waals surface area contributed by atoms with Crippen molar-refractivity contribution >= 4 is 11.6 Å². The first kappa shape index (κ1) is 13.3. The Morgan fingerprint density at radius 2 is 2.24 bits per heavy atom. The lowest BCUT2D eigenvalue weighted by atomic mass is 10.1. The van der Waals surface area contributed by atoms with Crippen LogP contribution in [0.5, 0.6) is 11.5 Å². The Labute approximate surface area is 121 Å². The zero-order valence-electron chi connectivity index (χ0n) is 11.6. The van der Waals surface area contributed by atoms with Gasteiger partial charge < -0.3 is 25.5 Å². The Hall–Kier alpha value is -2.70. The molecule has 1 aromatic carbocycles. The van der Waals surface area contributed by atoms with Crippen molar-refractivity contribution in [1.82, 2.24) is 15.3 Å². The molecule has 2 heterocycles. The minimum Gasteiger partial charge on any atom is -0.454 e. The molecule has 1 atom stereocenters. The van der Waals surface area contributed by atoms with Crippen LogP contribution in [0.15, 0.2) is 24.5 Å². The van der Waals surface area contributed by atoms with Gasteiger partial charge in [0.05, 0.1) is 11.6 Å². The molecule has 0 saturated heterocycles. The molecule has 0 fully saturated rings. The summed E-state index contributed by atoms with van der Waals surface area (Å²) in [5, 5.41) is 2.91. The van der Waals surface area contributed by atoms with Crippen molar-refractivity contribution in [3.8, 4) is 11.5 Å². The summed E-state index contributed by atoms with van der Waals surface area (Å²) in [7, 11) is 0. The molecule has 1 aliphatic rings. The maximum atomic E-state index is 12.4. The van der Waals surface area contributed by atoms with Gasteiger partial charge in [0, 0.05) is 24.1 Å². The van der Waals surface area contributed by atoms with Crippen molar-refractivity contribution in [2.24, 2.45) is 0 Å². The normalized spacial score (nSPS) is 14.0. The Bertz CT molecular complexity index is 654. The van der Waals surface area contributed by atoms with Gasteiger partial charge in [-0.2, -0.15) is 0 Å². The van der Waals surface area contributed by atoms with E-state index in [4.69, 9.17) is 15.2 Å². The molecule has 0 saturated carbocycles. The number of nitrogens with two attached hydrogens (primary N) is 1. The lowest BCUT2D eigenvalue weighted by Crippen LogP contribution is -2.29. The van der Waals surface area contributed by atoms with Gasteiger partial charge in [-0.15, -0.1) is 0 Å². The lowest BCUT2D eigenvalue weighted by molar-refractivity contribution is 0.0934. The molecule has 0 spiro atoms. The average Bonchev–Trinajstić information content (AvgIpc) is 3.14. The number of hydrogen-bond donors (Lipinski definition) is 3. The highest BCUT2D eigenvalue weighted by atomic mass is 16.7. The molecule has 2 aromatic rings. The molecular formula is C14H16N4O3. The summed E-state index contributed by atoms with van der Waals surface area (Å²) < 4.78 is 10.5. The number of H-pyrrole nitrogens is 1. The van der Waals surface area contributed by atoms with Gasteiger partial charge >= 0.3 is 0 Å². The maximum Gasteiger partial charge on any atom is 0.254 e. The second kappa shape index (κ2) is 5.35. The molecule has 110 valence electrons. The zero-order valence-corrected chi connectivity index (χ0v) is 11.6. The fourth-order valence-electron chi connectivity index (χ4n) is 2.22. The zero-order chi connectivity index (χ0) is 14.8. The third-order valence-corrected chi connectivity index (χ3v) is 3.35. The van der Waals surface area contributed by atoms with Gasteiger partial charge in [0.2, 0.25) is 6.79 Å². The van der Waals surface area contributed by atoms with E-state index in [1.165, 1.54) is 0 Å². The number of imidazole rings is 1. The fourth-order valence-corrected chi connectivity index (χ4v) is 2.22. The summed E-state index contributed by atoms with van der Waals surface area (Å²) in [5.74, 6) is 1.53. The van der Waals surface area contributed by atoms with Crippen LogP contribution in [0, 0.1) is 0 Å². The van der Waals surface area contributed by atoms with Crippen LogP contribution in [-0.4, -0.2) is 22.7 Å². The quantitative estimate of drug-likeness (QED) is 0.742. The Morgan fingerprint density at radius 1 is 1.48 bits per heavy atom. The monoisotopic (exact) mass is 288 g/mol. The average molecular weight is 288 g/mol. The number of rotatable bonds is 4. The maximum absolute atomic E-state index is 12.4. The van der Waals surface area contributed by atoms with Crippen LogP contribution in [-0.2, 0) is 0 Å². The molecular weight excluding hydrogens is 272 g/mol. The minimum atomic E-state index is -0.269. The third-order valence-electron chi connectivity index (χ3n) is 3.35. The van der Waals surface area contributed by atoms with Crippen LogP contribution in [0.3, 0.4) is 0 Å². The Balaban J connectivity index is 1.82. The SMILES string of the molecule is CCC(NC(=O)c1cc2c(cc1N)OCO2)c1ncc[nH]1. The topological polar surface area (TPSA) is 102 Å². The number of carbonyl (C=O) groups excluding carboxylic acids is 1. The van der Waals surface area contributed by atoms with Crippen molar-refractivity contribution in [1.29, 1.82) is 0 Å². The van der Waals surface area contributed by atoms with Crippen LogP contribution >= 0.6 is 0 Å². The predicted molar refractivity (Wildman–Crippen MR) is 76.1 cm³/mol. The molecule has 1 aromatic heterocycles. The van der Waals surface area contributed by atoms with E-state index in [1.54, 1.807) is 24.5 Å². The molecule has 0 radical (unpaired) electrons. The summed E-state index contributed by atoms with van der Waals surface area (Å²) in [6.45, 7) is 2.11. The van der Waals surface area contributed by atoms with Crippen molar-refractivity contribution in [3.63, 3.8) is 0 Å². The standard InChI is InChI=1S/C14H16N4O3/c1-2-10(13-16-3-4-17-13)18-14(19)8-5-11-12(6-9(8)15)21-7-20-11/h3-6,10H,2,7,15H2,1H3,(H,16,17)(H,18,19). The molecule has 1 amide bonds. The number of ether oxygens (including phenoxy) is 2. The van der Waals surface area contributed by atoms with Gasteiger partial charge in [-0.25, -0.2) is 4.98 Å². The highest BCUT2D eigenvalue weighted by Crippen LogP contribution is 2.36. The molecule has 0 bridgehead atoms. The number of aromatic nitrogens is 2. The van der Waals surface area contributed by atoms with Gasteiger partial charge in [0.25, 0.3) is 5.91 Å². The van der Waals surface area contributed by atoms with Crippen molar-refractivity contribution in [2.75, 3.05) is 12.5 Å². The van der Waals surface area contributed by atoms with Crippen molar-refractivity contribution in [3.05, 3.63) is 35.9 Å². The number of aromatic amines is 1. The Kier molecular flexibility index (Phi) is 3.39. The van der Waals surface area contributed by atoms with Crippen LogP contribution < -0.4 is 20.5 Å². The summed E-state index contributed by atoms with van der Waals surface area (Å²) in [4.78, 5) is 19.6. The van der Waals surface area contributed by atoms with E-state index in [1.807, 2.05) is 6.92 Å². The lowest BCUT2D eigenvalue weighted by Gasteiger charge is -2.15. The number of hydrogen-bond acceptors (Lipinski definition) is 5. The first-order valence-electron chi connectivity index (χ1n) is 6.68. The van der Waals surface area contributed by atoms with E-state index < -0.39 is 0 Å². The van der Waals surface area contributed by atoms with Crippen LogP contribution in [0.25, 0.3) is 0 Å². The van der Waals surface area contributed by atoms with E-state index >= 15 is 0 Å². The smallest absolute Gasteiger partial charge is 0.254 e. The number of nitrogen functional groups attached to an aromatic ring is 1. The summed E-state index contributed by atoms with van der Waals surface area (Å²) in [6, 6.07) is 3.00. The Morgan fingerprint density at radius 3 is 2.90 bits per heavy atom. The molecule has 7 heteroatoms. The highest BCUT2D eigenvalue weighted by Gasteiger charge is 2.22. The van der Waals surface area contributed by atoms with Crippen LogP contribution in [0.2, 0.25) is 0 Å². The van der Waals surface area contributed by atoms with E-state index in [2.05, 4.69) is 15.3 Å². The minimum absolute atomic E-state index is 0.143. The van der Waals surface area contributed by atoms with E-state index in [0.29, 0.717) is 35.0 Å². The van der Waals surface area contributed by atoms with E-state index in [0.717, 1.165) is 0 Å². The third kappa shape index (κ3) is 2.49. The molecule has 4 N–H and O–H groups in total. The van der Waals surface area contributed by atoms with Gasteiger partial charge in [0.1, 0.15) is 5.82 Å². The van der Waals surface area contributed by atoms with Gasteiger partial charge in [-0.05, 0) is 12.5 Å². The van der Waals surface area contributed by atoms with Crippen LogP contribution in [0.4, 0.5) is 5.69 Å². The van der Waals surface area contributed by atoms with E-state index in [-0.39, 0.29) is 18.7 Å². The number of nitrogens with zero attached hydrogens (tertiary/aromatic N) is 1. The number of nitrogens with one attached hydrogen (secondary N) is 2. The number of carbonyl (C=O) groups is 1. The largest absolute Gasteiger partial charge is 0.454 e. The number of anilines is 1. The first-order chi connectivity index (χ1) is 10.2. The van der Waals surface area contributed by atoms with Gasteiger partial charge in [0.15, 0.2) is 11.5 Å². The molecule has 1 unspecified atom stereocenters. The fraction of sp³-hybridized carbons (Fsp3) is 0.286. The second-order valence-corrected chi connectivity index (χ2v) is 4.70. The summed E-state index contributed by atoms with van der Waals surface area (Å²) >= 11 is 0. The summed E-state index contributed by atoms with van der Waals surface area (Å²) in [6.07, 6.45) is 4.09. The second-order valence-electron chi connectivity index (χ2n) is 4.70. The van der Waals surface area contributed by atoms with Crippen molar-refractivity contribution in [2.45, 2.75) is 19.4 Å². The van der Waals surface area contributed by atoms with Crippen LogP contribution in [0.1, 0.15) is 35.6 Å². The summed E-state index contributed by atoms with van der Waals surface area (Å²) in [5.41, 5.74) is 6.63. The first-order valence-corrected chi connectivity index (χ1v) is 6.68. The molecule has 1 aliphatic heterocycles. The predicted octanol–water partition coefficient (Wildman–Crippen LogP) is 1.60. The molecule has 7 nitrogen and oxygen atoms in total. The number of amides is 1. The molecule has 0 aliphatic carbocycles. The van der Waals surface area contributed by atoms with E-state index in [9.17, 15) is 4.79 Å². The molecule has 21 heavy (non-hydrogen) atoms. The number of benzene rings is 1. The van der Waals surface area contributed by atoms with Gasteiger partial charge in [-0.3, -0.25) is 4.79 Å². The number of fused-ring (bicyclic) bond motifs is 1. The molecule has 3 rings (SSSR count).